The van der Waals surface area contributed by atoms with Crippen LogP contribution >= 0.6 is 15.9 Å². The summed E-state index contributed by atoms with van der Waals surface area (Å²) in [5, 5.41) is 5.19. The SMILES string of the molecule is NC1=N/C(=C2\CCNC(=O)c3[nH]c(Br)cc32)C(=O)N1. The molecule has 0 unspecified atom stereocenters. The van der Waals surface area contributed by atoms with Crippen LogP contribution in [-0.4, -0.2) is 29.3 Å². The van der Waals surface area contributed by atoms with Crippen molar-refractivity contribution < 1.29 is 9.59 Å². The molecule has 2 aliphatic rings. The lowest BCUT2D eigenvalue weighted by atomic mass is 10.0. The monoisotopic (exact) mass is 323 g/mol. The standard InChI is InChI=1S/C11H10BrN5O2/c12-6-3-5-4(7-10(19)17-11(13)16-7)1-2-14-9(18)8(5)15-6/h3,15H,1-2H2,(H,14,18)(H3,13,16,17,19)/b7-4+. The fourth-order valence-corrected chi connectivity index (χ4v) is 2.62. The van der Waals surface area contributed by atoms with Gasteiger partial charge in [-0.15, -0.1) is 0 Å². The third-order valence-corrected chi connectivity index (χ3v) is 3.40. The van der Waals surface area contributed by atoms with Crippen molar-refractivity contribution in [1.82, 2.24) is 15.6 Å². The van der Waals surface area contributed by atoms with Crippen molar-refractivity contribution in [2.24, 2.45) is 10.7 Å². The third kappa shape index (κ3) is 1.93. The number of carbonyl (C=O) groups excluding carboxylic acids is 2. The third-order valence-electron chi connectivity index (χ3n) is 2.97. The lowest BCUT2D eigenvalue weighted by molar-refractivity contribution is -0.115. The highest BCUT2D eigenvalue weighted by atomic mass is 79.9. The van der Waals surface area contributed by atoms with Crippen LogP contribution in [-0.2, 0) is 4.79 Å². The summed E-state index contributed by atoms with van der Waals surface area (Å²) in [6.07, 6.45) is 0.516. The Labute approximate surface area is 116 Å². The van der Waals surface area contributed by atoms with E-state index in [0.717, 1.165) is 0 Å². The Morgan fingerprint density at radius 2 is 2.11 bits per heavy atom. The van der Waals surface area contributed by atoms with Crippen LogP contribution in [0.5, 0.6) is 0 Å². The number of H-pyrrole nitrogens is 1. The summed E-state index contributed by atoms with van der Waals surface area (Å²) in [7, 11) is 0. The number of rotatable bonds is 0. The molecule has 1 aromatic rings. The summed E-state index contributed by atoms with van der Waals surface area (Å²) < 4.78 is 0.669. The predicted octanol–water partition coefficient (Wildman–Crippen LogP) is 0.0663. The molecule has 0 radical (unpaired) electrons. The van der Waals surface area contributed by atoms with Gasteiger partial charge < -0.3 is 16.0 Å². The molecule has 0 bridgehead atoms. The van der Waals surface area contributed by atoms with Gasteiger partial charge in [0.05, 0.1) is 4.60 Å². The largest absolute Gasteiger partial charge is 0.369 e. The Bertz CT molecular complexity index is 658. The number of guanidine groups is 1. The van der Waals surface area contributed by atoms with E-state index in [1.165, 1.54) is 0 Å². The molecule has 0 aliphatic carbocycles. The van der Waals surface area contributed by atoms with Crippen molar-refractivity contribution in [3.8, 4) is 0 Å². The summed E-state index contributed by atoms with van der Waals surface area (Å²) in [4.78, 5) is 30.6. The van der Waals surface area contributed by atoms with E-state index >= 15 is 0 Å². The lowest BCUT2D eigenvalue weighted by Gasteiger charge is -2.04. The van der Waals surface area contributed by atoms with Crippen LogP contribution in [0.4, 0.5) is 0 Å². The maximum atomic E-state index is 11.9. The summed E-state index contributed by atoms with van der Waals surface area (Å²) in [5.74, 6) is -0.469. The number of fused-ring (bicyclic) bond motifs is 1. The molecule has 8 heteroatoms. The highest BCUT2D eigenvalue weighted by Crippen LogP contribution is 2.31. The molecule has 1 aromatic heterocycles. The van der Waals surface area contributed by atoms with Crippen molar-refractivity contribution in [1.29, 1.82) is 0 Å². The molecular formula is C11H10BrN5O2. The highest BCUT2D eigenvalue weighted by Gasteiger charge is 2.28. The van der Waals surface area contributed by atoms with Gasteiger partial charge in [0, 0.05) is 12.1 Å². The highest BCUT2D eigenvalue weighted by molar-refractivity contribution is 9.10. The number of aromatic amines is 1. The molecule has 98 valence electrons. The van der Waals surface area contributed by atoms with E-state index in [9.17, 15) is 9.59 Å². The Balaban J connectivity index is 2.22. The van der Waals surface area contributed by atoms with E-state index in [2.05, 4.69) is 36.5 Å². The molecular weight excluding hydrogens is 314 g/mol. The molecule has 0 spiro atoms. The number of carbonyl (C=O) groups is 2. The first-order valence-electron chi connectivity index (χ1n) is 5.62. The van der Waals surface area contributed by atoms with Gasteiger partial charge in [0.1, 0.15) is 11.4 Å². The molecule has 2 aliphatic heterocycles. The van der Waals surface area contributed by atoms with Crippen LogP contribution < -0.4 is 16.4 Å². The average molecular weight is 324 g/mol. The van der Waals surface area contributed by atoms with Crippen LogP contribution in [0, 0.1) is 0 Å². The van der Waals surface area contributed by atoms with Gasteiger partial charge in [-0.1, -0.05) is 0 Å². The molecule has 0 fully saturated rings. The minimum atomic E-state index is -0.342. The molecule has 3 heterocycles. The zero-order chi connectivity index (χ0) is 13.6. The predicted molar refractivity (Wildman–Crippen MR) is 72.1 cm³/mol. The van der Waals surface area contributed by atoms with Crippen LogP contribution in [0.3, 0.4) is 0 Å². The number of hydrogen-bond donors (Lipinski definition) is 4. The van der Waals surface area contributed by atoms with E-state index in [-0.39, 0.29) is 23.5 Å². The van der Waals surface area contributed by atoms with Gasteiger partial charge in [0.2, 0.25) is 5.96 Å². The Hall–Kier alpha value is -2.09. The molecule has 2 amide bonds. The van der Waals surface area contributed by atoms with Crippen molar-refractivity contribution >= 4 is 39.3 Å². The van der Waals surface area contributed by atoms with Crippen LogP contribution in [0.2, 0.25) is 0 Å². The number of nitrogens with zero attached hydrogens (tertiary/aromatic N) is 1. The maximum Gasteiger partial charge on any atom is 0.277 e. The summed E-state index contributed by atoms with van der Waals surface area (Å²) in [5.41, 5.74) is 7.55. The summed E-state index contributed by atoms with van der Waals surface area (Å²) in [6, 6.07) is 1.76. The van der Waals surface area contributed by atoms with Crippen molar-refractivity contribution in [2.45, 2.75) is 6.42 Å². The minimum absolute atomic E-state index is 0.0761. The Kier molecular flexibility index (Phi) is 2.67. The number of nitrogens with two attached hydrogens (primary N) is 1. The zero-order valence-electron chi connectivity index (χ0n) is 9.71. The zero-order valence-corrected chi connectivity index (χ0v) is 11.3. The Morgan fingerprint density at radius 1 is 1.32 bits per heavy atom. The first-order chi connectivity index (χ1) is 9.06. The van der Waals surface area contributed by atoms with E-state index in [1.807, 2.05) is 0 Å². The van der Waals surface area contributed by atoms with Gasteiger partial charge in [-0.3, -0.25) is 14.9 Å². The van der Waals surface area contributed by atoms with Gasteiger partial charge in [-0.05, 0) is 34.0 Å². The Morgan fingerprint density at radius 3 is 2.79 bits per heavy atom. The number of halogens is 1. The first-order valence-corrected chi connectivity index (χ1v) is 6.41. The maximum absolute atomic E-state index is 11.9. The number of amides is 2. The van der Waals surface area contributed by atoms with Crippen molar-refractivity contribution in [3.63, 3.8) is 0 Å². The molecule has 5 N–H and O–H groups in total. The van der Waals surface area contributed by atoms with Gasteiger partial charge >= 0.3 is 0 Å². The first kappa shape index (κ1) is 12.0. The second kappa shape index (κ2) is 4.23. The van der Waals surface area contributed by atoms with Crippen molar-refractivity contribution in [3.05, 3.63) is 27.6 Å². The van der Waals surface area contributed by atoms with Crippen LogP contribution in [0.1, 0.15) is 22.5 Å². The second-order valence-corrected chi connectivity index (χ2v) is 5.04. The van der Waals surface area contributed by atoms with Crippen LogP contribution in [0.25, 0.3) is 5.57 Å². The van der Waals surface area contributed by atoms with Crippen LogP contribution in [0.15, 0.2) is 21.4 Å². The minimum Gasteiger partial charge on any atom is -0.369 e. The van der Waals surface area contributed by atoms with E-state index in [1.54, 1.807) is 6.07 Å². The summed E-state index contributed by atoms with van der Waals surface area (Å²) in [6.45, 7) is 0.445. The lowest BCUT2D eigenvalue weighted by Crippen LogP contribution is -2.30. The second-order valence-electron chi connectivity index (χ2n) is 4.19. The summed E-state index contributed by atoms with van der Waals surface area (Å²) >= 11 is 3.29. The smallest absolute Gasteiger partial charge is 0.277 e. The molecule has 0 atom stereocenters. The number of hydrogen-bond acceptors (Lipinski definition) is 4. The average Bonchev–Trinajstić information content (AvgIpc) is 2.84. The van der Waals surface area contributed by atoms with Gasteiger partial charge in [0.15, 0.2) is 0 Å². The molecule has 3 rings (SSSR count). The van der Waals surface area contributed by atoms with Crippen molar-refractivity contribution in [2.75, 3.05) is 6.54 Å². The fourth-order valence-electron chi connectivity index (χ4n) is 2.19. The van der Waals surface area contributed by atoms with E-state index in [4.69, 9.17) is 5.73 Å². The normalized spacial score (nSPS) is 22.5. The number of aliphatic imine (C=N–C) groups is 1. The van der Waals surface area contributed by atoms with Gasteiger partial charge in [-0.25, -0.2) is 4.99 Å². The van der Waals surface area contributed by atoms with E-state index in [0.29, 0.717) is 34.4 Å². The molecule has 7 nitrogen and oxygen atoms in total. The molecule has 19 heavy (non-hydrogen) atoms. The fraction of sp³-hybridized carbons (Fsp3) is 0.182. The molecule has 0 saturated carbocycles. The number of aromatic nitrogens is 1. The number of nitrogens with one attached hydrogen (secondary N) is 3. The topological polar surface area (TPSA) is 112 Å². The van der Waals surface area contributed by atoms with Gasteiger partial charge in [0.25, 0.3) is 11.8 Å². The van der Waals surface area contributed by atoms with E-state index < -0.39 is 0 Å². The molecule has 0 saturated heterocycles. The van der Waals surface area contributed by atoms with Gasteiger partial charge in [-0.2, -0.15) is 0 Å². The quantitative estimate of drug-likeness (QED) is 0.506. The molecule has 0 aromatic carbocycles.